The summed E-state index contributed by atoms with van der Waals surface area (Å²) in [5.41, 5.74) is 5.41. The van der Waals surface area contributed by atoms with Gasteiger partial charge in [0.15, 0.2) is 0 Å². The second-order valence-corrected chi connectivity index (χ2v) is 8.36. The van der Waals surface area contributed by atoms with Crippen LogP contribution < -0.4 is 4.74 Å². The summed E-state index contributed by atoms with van der Waals surface area (Å²) < 4.78 is 5.58. The van der Waals surface area contributed by atoms with Crippen molar-refractivity contribution in [2.45, 2.75) is 20.3 Å². The molecule has 0 atom stereocenters. The normalized spacial score (nSPS) is 10.9. The zero-order valence-electron chi connectivity index (χ0n) is 15.4. The first kappa shape index (κ1) is 17.8. The highest BCUT2D eigenvalue weighted by atomic mass is 32.1. The molecule has 0 radical (unpaired) electrons. The Morgan fingerprint density at radius 1 is 1.07 bits per heavy atom. The van der Waals surface area contributed by atoms with Crippen LogP contribution in [-0.2, 0) is 6.42 Å². The van der Waals surface area contributed by atoms with Crippen LogP contribution in [-0.4, -0.2) is 22.1 Å². The summed E-state index contributed by atoms with van der Waals surface area (Å²) in [6, 6.07) is 10.3. The molecule has 0 aliphatic heterocycles. The van der Waals surface area contributed by atoms with Crippen LogP contribution in [0.4, 0.5) is 0 Å². The highest BCUT2D eigenvalue weighted by Gasteiger charge is 2.14. The summed E-state index contributed by atoms with van der Waals surface area (Å²) in [6.07, 6.45) is 4.40. The first-order valence-electron chi connectivity index (χ1n) is 8.60. The van der Waals surface area contributed by atoms with Crippen LogP contribution in [0.3, 0.4) is 0 Å². The average Bonchev–Trinajstić information content (AvgIpc) is 3.28. The van der Waals surface area contributed by atoms with Crippen molar-refractivity contribution in [1.29, 1.82) is 0 Å². The van der Waals surface area contributed by atoms with Gasteiger partial charge in [-0.3, -0.25) is 4.98 Å². The summed E-state index contributed by atoms with van der Waals surface area (Å²) in [6.45, 7) is 4.07. The Labute approximate surface area is 166 Å². The van der Waals surface area contributed by atoms with E-state index in [0.29, 0.717) is 0 Å². The van der Waals surface area contributed by atoms with E-state index in [1.807, 2.05) is 32.2 Å². The molecule has 0 saturated heterocycles. The van der Waals surface area contributed by atoms with Crippen molar-refractivity contribution in [3.63, 3.8) is 0 Å². The van der Waals surface area contributed by atoms with E-state index in [9.17, 15) is 0 Å². The molecule has 0 spiro atoms. The van der Waals surface area contributed by atoms with Crippen LogP contribution in [0.1, 0.15) is 21.3 Å². The van der Waals surface area contributed by atoms with E-state index in [1.54, 1.807) is 36.0 Å². The van der Waals surface area contributed by atoms with Gasteiger partial charge in [-0.25, -0.2) is 9.97 Å². The van der Waals surface area contributed by atoms with Crippen molar-refractivity contribution in [1.82, 2.24) is 15.0 Å². The molecule has 4 aromatic rings. The summed E-state index contributed by atoms with van der Waals surface area (Å²) in [4.78, 5) is 14.7. The second-order valence-electron chi connectivity index (χ2n) is 6.22. The Morgan fingerprint density at radius 3 is 2.67 bits per heavy atom. The highest BCUT2D eigenvalue weighted by molar-refractivity contribution is 7.15. The van der Waals surface area contributed by atoms with Gasteiger partial charge in [0.25, 0.3) is 0 Å². The molecule has 0 saturated carbocycles. The molecule has 0 aliphatic rings. The molecule has 0 bridgehead atoms. The van der Waals surface area contributed by atoms with Gasteiger partial charge < -0.3 is 4.74 Å². The van der Waals surface area contributed by atoms with Gasteiger partial charge in [0.05, 0.1) is 33.4 Å². The number of aromatic nitrogens is 3. The fraction of sp³-hybridized carbons (Fsp3) is 0.190. The monoisotopic (exact) mass is 393 g/mol. The fourth-order valence-electron chi connectivity index (χ4n) is 3.06. The van der Waals surface area contributed by atoms with Gasteiger partial charge in [-0.05, 0) is 37.6 Å². The van der Waals surface area contributed by atoms with E-state index in [1.165, 1.54) is 0 Å². The van der Waals surface area contributed by atoms with Gasteiger partial charge in [-0.1, -0.05) is 12.1 Å². The minimum absolute atomic E-state index is 0.735. The number of benzene rings is 1. The van der Waals surface area contributed by atoms with E-state index in [2.05, 4.69) is 33.5 Å². The largest absolute Gasteiger partial charge is 0.496 e. The maximum absolute atomic E-state index is 5.58. The maximum Gasteiger partial charge on any atom is 0.122 e. The van der Waals surface area contributed by atoms with Crippen molar-refractivity contribution >= 4 is 22.7 Å². The zero-order chi connectivity index (χ0) is 18.8. The quantitative estimate of drug-likeness (QED) is 0.446. The first-order valence-corrected chi connectivity index (χ1v) is 10.3. The number of pyridine rings is 1. The lowest BCUT2D eigenvalue weighted by Crippen LogP contribution is -1.95. The molecule has 0 N–H and O–H groups in total. The maximum atomic E-state index is 5.58. The van der Waals surface area contributed by atoms with E-state index < -0.39 is 0 Å². The predicted molar refractivity (Wildman–Crippen MR) is 112 cm³/mol. The number of methoxy groups -OCH3 is 1. The lowest BCUT2D eigenvalue weighted by Gasteiger charge is -2.10. The number of ether oxygens (including phenoxy) is 1. The first-order chi connectivity index (χ1) is 13.1. The topological polar surface area (TPSA) is 47.9 Å². The molecule has 0 aliphatic carbocycles. The number of thiazole rings is 2. The summed E-state index contributed by atoms with van der Waals surface area (Å²) in [5.74, 6) is 0.879. The van der Waals surface area contributed by atoms with Gasteiger partial charge in [0, 0.05) is 35.3 Å². The highest BCUT2D eigenvalue weighted by Crippen LogP contribution is 2.33. The molecular formula is C21H19N3OS2. The van der Waals surface area contributed by atoms with Crippen LogP contribution in [0.2, 0.25) is 0 Å². The zero-order valence-corrected chi connectivity index (χ0v) is 17.0. The van der Waals surface area contributed by atoms with Crippen molar-refractivity contribution < 1.29 is 4.74 Å². The Balaban J connectivity index is 1.65. The van der Waals surface area contributed by atoms with Crippen LogP contribution in [0.25, 0.3) is 21.7 Å². The molecule has 27 heavy (non-hydrogen) atoms. The van der Waals surface area contributed by atoms with Crippen LogP contribution in [0, 0.1) is 13.8 Å². The van der Waals surface area contributed by atoms with Crippen molar-refractivity contribution in [3.8, 4) is 27.4 Å². The Hall–Kier alpha value is -2.57. The van der Waals surface area contributed by atoms with Gasteiger partial charge in [0.1, 0.15) is 5.75 Å². The number of hydrogen-bond acceptors (Lipinski definition) is 6. The summed E-state index contributed by atoms with van der Waals surface area (Å²) >= 11 is 3.37. The number of nitrogens with zero attached hydrogens (tertiary/aromatic N) is 3. The Morgan fingerprint density at radius 2 is 1.96 bits per heavy atom. The van der Waals surface area contributed by atoms with Gasteiger partial charge >= 0.3 is 0 Å². The fourth-order valence-corrected chi connectivity index (χ4v) is 4.82. The number of aryl methyl sites for hydroxylation is 2. The number of hydrogen-bond donors (Lipinski definition) is 0. The molecule has 4 rings (SSSR count). The second kappa shape index (κ2) is 7.58. The third-order valence-corrected chi connectivity index (χ3v) is 6.25. The molecule has 3 heterocycles. The Kier molecular flexibility index (Phi) is 5.01. The molecule has 1 aromatic carbocycles. The lowest BCUT2D eigenvalue weighted by molar-refractivity contribution is 0.410. The van der Waals surface area contributed by atoms with E-state index in [4.69, 9.17) is 9.72 Å². The van der Waals surface area contributed by atoms with Gasteiger partial charge in [-0.15, -0.1) is 22.7 Å². The van der Waals surface area contributed by atoms with E-state index in [0.717, 1.165) is 55.1 Å². The molecule has 0 fully saturated rings. The standard InChI is InChI=1S/C21H19N3OS2/c1-13-21(27-14(2)23-13)18-12-26-20(24-18)10-17-9-15(6-7-19(17)25-3)16-5-4-8-22-11-16/h4-9,11-12H,10H2,1-3H3. The molecule has 3 aromatic heterocycles. The van der Waals surface area contributed by atoms with E-state index >= 15 is 0 Å². The third-order valence-electron chi connectivity index (χ3n) is 4.30. The summed E-state index contributed by atoms with van der Waals surface area (Å²) in [7, 11) is 1.71. The van der Waals surface area contributed by atoms with Gasteiger partial charge in [0.2, 0.25) is 0 Å². The Bertz CT molecular complexity index is 1070. The SMILES string of the molecule is COc1ccc(-c2cccnc2)cc1Cc1nc(-c2sc(C)nc2C)cs1. The summed E-state index contributed by atoms with van der Waals surface area (Å²) in [5, 5.41) is 4.26. The minimum atomic E-state index is 0.735. The van der Waals surface area contributed by atoms with Crippen LogP contribution >= 0.6 is 22.7 Å². The van der Waals surface area contributed by atoms with Crippen molar-refractivity contribution in [2.75, 3.05) is 7.11 Å². The van der Waals surface area contributed by atoms with E-state index in [-0.39, 0.29) is 0 Å². The smallest absolute Gasteiger partial charge is 0.122 e. The number of rotatable bonds is 5. The molecule has 0 unspecified atom stereocenters. The van der Waals surface area contributed by atoms with Crippen molar-refractivity contribution in [2.24, 2.45) is 0 Å². The van der Waals surface area contributed by atoms with Crippen LogP contribution in [0.15, 0.2) is 48.1 Å². The lowest BCUT2D eigenvalue weighted by atomic mass is 10.0. The molecule has 0 amide bonds. The van der Waals surface area contributed by atoms with Crippen molar-refractivity contribution in [3.05, 3.63) is 69.4 Å². The molecule has 4 nitrogen and oxygen atoms in total. The predicted octanol–water partition coefficient (Wildman–Crippen LogP) is 5.54. The van der Waals surface area contributed by atoms with Gasteiger partial charge in [-0.2, -0.15) is 0 Å². The molecular weight excluding hydrogens is 374 g/mol. The minimum Gasteiger partial charge on any atom is -0.496 e. The van der Waals surface area contributed by atoms with Crippen LogP contribution in [0.5, 0.6) is 5.75 Å². The third kappa shape index (κ3) is 3.77. The molecule has 136 valence electrons. The average molecular weight is 394 g/mol. The molecule has 6 heteroatoms.